The highest BCUT2D eigenvalue weighted by molar-refractivity contribution is 9.10. The minimum atomic E-state index is -0.975. The van der Waals surface area contributed by atoms with E-state index in [1.54, 1.807) is 18.2 Å². The SMILES string of the molecule is COc1cc(/C=C2\SC(=S)N(CCC(=O)O)C2=O)cc(Br)c1OC. The number of ether oxygens (including phenoxy) is 2. The highest BCUT2D eigenvalue weighted by Crippen LogP contribution is 2.38. The molecule has 9 heteroatoms. The van der Waals surface area contributed by atoms with E-state index in [-0.39, 0.29) is 18.9 Å². The number of hydrogen-bond acceptors (Lipinski definition) is 6. The van der Waals surface area contributed by atoms with E-state index in [0.717, 1.165) is 17.3 Å². The summed E-state index contributed by atoms with van der Waals surface area (Å²) in [6, 6.07) is 3.54. The van der Waals surface area contributed by atoms with Crippen LogP contribution in [0, 0.1) is 0 Å². The first-order valence-corrected chi connectivity index (χ1v) is 8.77. The smallest absolute Gasteiger partial charge is 0.305 e. The summed E-state index contributed by atoms with van der Waals surface area (Å²) in [5, 5.41) is 8.75. The van der Waals surface area contributed by atoms with Crippen LogP contribution in [-0.2, 0) is 9.59 Å². The molecule has 128 valence electrons. The molecule has 1 heterocycles. The number of carbonyl (C=O) groups excluding carboxylic acids is 1. The van der Waals surface area contributed by atoms with Crippen molar-refractivity contribution in [2.45, 2.75) is 6.42 Å². The van der Waals surface area contributed by atoms with Crippen molar-refractivity contribution in [1.29, 1.82) is 0 Å². The predicted octanol–water partition coefficient (Wildman–Crippen LogP) is 3.14. The molecule has 0 bridgehead atoms. The molecule has 2 rings (SSSR count). The van der Waals surface area contributed by atoms with E-state index in [9.17, 15) is 9.59 Å². The maximum Gasteiger partial charge on any atom is 0.305 e. The Kier molecular flexibility index (Phi) is 6.25. The molecular formula is C15H14BrNO5S2. The number of benzene rings is 1. The van der Waals surface area contributed by atoms with Gasteiger partial charge in [0.25, 0.3) is 5.91 Å². The summed E-state index contributed by atoms with van der Waals surface area (Å²) < 4.78 is 11.6. The molecule has 0 atom stereocenters. The van der Waals surface area contributed by atoms with Crippen LogP contribution >= 0.6 is 39.9 Å². The molecule has 1 fully saturated rings. The second-order valence-corrected chi connectivity index (χ2v) is 7.25. The second kappa shape index (κ2) is 8.00. The third-order valence-electron chi connectivity index (χ3n) is 3.18. The quantitative estimate of drug-likeness (QED) is 0.547. The van der Waals surface area contributed by atoms with Gasteiger partial charge in [0.2, 0.25) is 0 Å². The molecule has 0 radical (unpaired) electrons. The molecule has 0 saturated carbocycles. The molecular weight excluding hydrogens is 418 g/mol. The third kappa shape index (κ3) is 4.08. The molecule has 24 heavy (non-hydrogen) atoms. The van der Waals surface area contributed by atoms with E-state index >= 15 is 0 Å². The summed E-state index contributed by atoms with van der Waals surface area (Å²) in [4.78, 5) is 24.8. The number of carboxylic acid groups (broad SMARTS) is 1. The normalized spacial score (nSPS) is 16.0. The summed E-state index contributed by atoms with van der Waals surface area (Å²) in [5.74, 6) is -0.183. The molecule has 1 aromatic carbocycles. The van der Waals surface area contributed by atoms with Gasteiger partial charge in [0.05, 0.1) is 30.0 Å². The van der Waals surface area contributed by atoms with Gasteiger partial charge in [0, 0.05) is 6.54 Å². The number of thioether (sulfide) groups is 1. The van der Waals surface area contributed by atoms with Crippen molar-refractivity contribution in [1.82, 2.24) is 4.90 Å². The number of hydrogen-bond donors (Lipinski definition) is 1. The lowest BCUT2D eigenvalue weighted by Crippen LogP contribution is -2.30. The third-order valence-corrected chi connectivity index (χ3v) is 5.14. The summed E-state index contributed by atoms with van der Waals surface area (Å²) in [7, 11) is 3.06. The van der Waals surface area contributed by atoms with Crippen molar-refractivity contribution < 1.29 is 24.2 Å². The minimum Gasteiger partial charge on any atom is -0.493 e. The maximum atomic E-state index is 12.4. The zero-order valence-electron chi connectivity index (χ0n) is 12.9. The molecule has 0 aliphatic carbocycles. The molecule has 0 aromatic heterocycles. The second-order valence-electron chi connectivity index (χ2n) is 4.72. The molecule has 1 aliphatic heterocycles. The molecule has 1 aliphatic rings. The van der Waals surface area contributed by atoms with Crippen LogP contribution in [0.3, 0.4) is 0 Å². The van der Waals surface area contributed by atoms with Crippen molar-refractivity contribution in [3.05, 3.63) is 27.1 Å². The van der Waals surface area contributed by atoms with E-state index in [4.69, 9.17) is 26.8 Å². The standard InChI is InChI=1S/C15H14BrNO5S2/c1-21-10-6-8(5-9(16)13(10)22-2)7-11-14(20)17(15(23)24-11)4-3-12(18)19/h5-7H,3-4H2,1-2H3,(H,18,19)/b11-7-. The number of amides is 1. The number of rotatable bonds is 6. The average molecular weight is 432 g/mol. The first-order valence-electron chi connectivity index (χ1n) is 6.76. The van der Waals surface area contributed by atoms with Crippen LogP contribution in [0.2, 0.25) is 0 Å². The fourth-order valence-corrected chi connectivity index (χ4v) is 4.00. The van der Waals surface area contributed by atoms with E-state index in [1.807, 2.05) is 0 Å². The van der Waals surface area contributed by atoms with Gasteiger partial charge in [-0.25, -0.2) is 0 Å². The first kappa shape index (κ1) is 18.8. The zero-order valence-corrected chi connectivity index (χ0v) is 16.1. The van der Waals surface area contributed by atoms with Crippen LogP contribution in [0.5, 0.6) is 11.5 Å². The fourth-order valence-electron chi connectivity index (χ4n) is 2.07. The van der Waals surface area contributed by atoms with Gasteiger partial charge in [0.15, 0.2) is 11.5 Å². The van der Waals surface area contributed by atoms with Gasteiger partial charge in [-0.3, -0.25) is 14.5 Å². The molecule has 1 saturated heterocycles. The fraction of sp³-hybridized carbons (Fsp3) is 0.267. The van der Waals surface area contributed by atoms with Crippen LogP contribution in [0.1, 0.15) is 12.0 Å². The molecule has 1 N–H and O–H groups in total. The van der Waals surface area contributed by atoms with Crippen LogP contribution in [0.25, 0.3) is 6.08 Å². The van der Waals surface area contributed by atoms with Gasteiger partial charge >= 0.3 is 5.97 Å². The number of nitrogens with zero attached hydrogens (tertiary/aromatic N) is 1. The topological polar surface area (TPSA) is 76.1 Å². The Morgan fingerprint density at radius 1 is 1.42 bits per heavy atom. The van der Waals surface area contributed by atoms with E-state index in [2.05, 4.69) is 15.9 Å². The maximum absolute atomic E-state index is 12.4. The Morgan fingerprint density at radius 3 is 2.71 bits per heavy atom. The Morgan fingerprint density at radius 2 is 2.12 bits per heavy atom. The number of methoxy groups -OCH3 is 2. The van der Waals surface area contributed by atoms with Gasteiger partial charge in [0.1, 0.15) is 4.32 Å². The summed E-state index contributed by atoms with van der Waals surface area (Å²) >= 11 is 9.70. The minimum absolute atomic E-state index is 0.0625. The number of carbonyl (C=O) groups is 2. The Labute approximate surface area is 156 Å². The van der Waals surface area contributed by atoms with Crippen molar-refractivity contribution in [3.63, 3.8) is 0 Å². The molecule has 1 amide bonds. The largest absolute Gasteiger partial charge is 0.493 e. The highest BCUT2D eigenvalue weighted by Gasteiger charge is 2.32. The Balaban J connectivity index is 2.29. The monoisotopic (exact) mass is 431 g/mol. The Bertz CT molecular complexity index is 735. The number of aliphatic carboxylic acids is 1. The lowest BCUT2D eigenvalue weighted by molar-refractivity contribution is -0.137. The zero-order chi connectivity index (χ0) is 17.9. The van der Waals surface area contributed by atoms with E-state index < -0.39 is 5.97 Å². The lowest BCUT2D eigenvalue weighted by Gasteiger charge is -2.12. The van der Waals surface area contributed by atoms with Gasteiger partial charge in [-0.2, -0.15) is 0 Å². The van der Waals surface area contributed by atoms with E-state index in [1.165, 1.54) is 19.1 Å². The van der Waals surface area contributed by atoms with E-state index in [0.29, 0.717) is 25.2 Å². The van der Waals surface area contributed by atoms with Crippen LogP contribution in [0.4, 0.5) is 0 Å². The van der Waals surface area contributed by atoms with Crippen LogP contribution in [0.15, 0.2) is 21.5 Å². The molecule has 0 unspecified atom stereocenters. The molecule has 6 nitrogen and oxygen atoms in total. The highest BCUT2D eigenvalue weighted by atomic mass is 79.9. The summed E-state index contributed by atoms with van der Waals surface area (Å²) in [6.07, 6.45) is 1.54. The Hall–Kier alpha value is -1.58. The van der Waals surface area contributed by atoms with Crippen molar-refractivity contribution in [2.24, 2.45) is 0 Å². The number of carboxylic acids is 1. The summed E-state index contributed by atoms with van der Waals surface area (Å²) in [5.41, 5.74) is 0.734. The van der Waals surface area contributed by atoms with Gasteiger partial charge in [-0.1, -0.05) is 24.0 Å². The molecule has 1 aromatic rings. The van der Waals surface area contributed by atoms with Crippen LogP contribution in [-0.4, -0.2) is 47.0 Å². The first-order chi connectivity index (χ1) is 11.4. The van der Waals surface area contributed by atoms with Crippen molar-refractivity contribution in [2.75, 3.05) is 20.8 Å². The van der Waals surface area contributed by atoms with Gasteiger partial charge < -0.3 is 14.6 Å². The number of halogens is 1. The van der Waals surface area contributed by atoms with Crippen LogP contribution < -0.4 is 9.47 Å². The summed E-state index contributed by atoms with van der Waals surface area (Å²) in [6.45, 7) is 0.0625. The number of thiocarbonyl (C=S) groups is 1. The van der Waals surface area contributed by atoms with Crippen molar-refractivity contribution in [3.8, 4) is 11.5 Å². The average Bonchev–Trinajstić information content (AvgIpc) is 2.78. The predicted molar refractivity (Wildman–Crippen MR) is 99.4 cm³/mol. The van der Waals surface area contributed by atoms with Gasteiger partial charge in [-0.15, -0.1) is 0 Å². The van der Waals surface area contributed by atoms with Crippen molar-refractivity contribution >= 4 is 62.2 Å². The lowest BCUT2D eigenvalue weighted by atomic mass is 10.2. The molecule has 0 spiro atoms. The van der Waals surface area contributed by atoms with Gasteiger partial charge in [-0.05, 0) is 39.7 Å².